The maximum atomic E-state index is 7.61. The number of oxime groups is 1. The van der Waals surface area contributed by atoms with Crippen molar-refractivity contribution in [2.24, 2.45) is 10.9 Å². The zero-order valence-corrected chi connectivity index (χ0v) is 5.42. The van der Waals surface area contributed by atoms with Crippen molar-refractivity contribution in [1.29, 1.82) is 0 Å². The Bertz CT molecular complexity index is 51.7. The van der Waals surface area contributed by atoms with Crippen LogP contribution in [-0.4, -0.2) is 11.0 Å². The standard InChI is InChI=1S/C2H6N2O.2ClH/c1-2(3)4-5;;/h5H,1H3,(H2,3,4);2*1H. The molecule has 0 aromatic rings. The van der Waals surface area contributed by atoms with Crippen LogP contribution >= 0.6 is 24.8 Å². The fraction of sp³-hybridized carbons (Fsp3) is 0.500. The van der Waals surface area contributed by atoms with Crippen LogP contribution in [0.3, 0.4) is 0 Å². The molecule has 0 bridgehead atoms. The minimum atomic E-state index is 0. The van der Waals surface area contributed by atoms with Gasteiger partial charge in [0.1, 0.15) is 5.84 Å². The second-order valence-electron chi connectivity index (χ2n) is 0.741. The molecule has 0 aliphatic rings. The van der Waals surface area contributed by atoms with E-state index in [0.717, 1.165) is 0 Å². The van der Waals surface area contributed by atoms with Crippen molar-refractivity contribution >= 4 is 30.6 Å². The number of amidine groups is 1. The van der Waals surface area contributed by atoms with Crippen molar-refractivity contribution in [2.45, 2.75) is 6.92 Å². The minimum absolute atomic E-state index is 0. The third-order valence-electron chi connectivity index (χ3n) is 0.158. The SMILES string of the molecule is CC(N)=NO.Cl.Cl. The highest BCUT2D eigenvalue weighted by atomic mass is 35.5. The first-order valence-corrected chi connectivity index (χ1v) is 1.21. The van der Waals surface area contributed by atoms with Crippen molar-refractivity contribution in [1.82, 2.24) is 0 Å². The lowest BCUT2D eigenvalue weighted by Gasteiger charge is -1.73. The van der Waals surface area contributed by atoms with E-state index in [1.165, 1.54) is 6.92 Å². The summed E-state index contributed by atoms with van der Waals surface area (Å²) in [6.45, 7) is 1.50. The molecule has 5 heteroatoms. The molecule has 46 valence electrons. The number of nitrogens with zero attached hydrogens (tertiary/aromatic N) is 1. The fourth-order valence-corrected chi connectivity index (χ4v) is 0. The van der Waals surface area contributed by atoms with Gasteiger partial charge in [0, 0.05) is 0 Å². The quantitative estimate of drug-likeness (QED) is 0.228. The Balaban J connectivity index is -0.0000000800. The van der Waals surface area contributed by atoms with Gasteiger partial charge >= 0.3 is 0 Å². The highest BCUT2D eigenvalue weighted by molar-refractivity contribution is 5.85. The highest BCUT2D eigenvalue weighted by Gasteiger charge is 1.64. The molecule has 0 fully saturated rings. The average Bonchev–Trinajstić information content (AvgIpc) is 1.38. The molecule has 0 aromatic heterocycles. The average molecular weight is 147 g/mol. The lowest BCUT2D eigenvalue weighted by atomic mass is 10.7. The first-order valence-electron chi connectivity index (χ1n) is 1.21. The van der Waals surface area contributed by atoms with Gasteiger partial charge in [-0.2, -0.15) is 0 Å². The Morgan fingerprint density at radius 1 is 1.57 bits per heavy atom. The molecule has 0 saturated carbocycles. The van der Waals surface area contributed by atoms with Gasteiger partial charge in [0.25, 0.3) is 0 Å². The summed E-state index contributed by atoms with van der Waals surface area (Å²) in [5, 5.41) is 10.2. The zero-order valence-electron chi connectivity index (χ0n) is 3.79. The summed E-state index contributed by atoms with van der Waals surface area (Å²) in [4.78, 5) is 0. The predicted octanol–water partition coefficient (Wildman–Crippen LogP) is 0.596. The summed E-state index contributed by atoms with van der Waals surface area (Å²) in [6, 6.07) is 0. The van der Waals surface area contributed by atoms with E-state index in [0.29, 0.717) is 0 Å². The molecule has 0 unspecified atom stereocenters. The van der Waals surface area contributed by atoms with E-state index in [9.17, 15) is 0 Å². The predicted molar refractivity (Wildman–Crippen MR) is 33.6 cm³/mol. The van der Waals surface area contributed by atoms with Crippen molar-refractivity contribution in [2.75, 3.05) is 0 Å². The Morgan fingerprint density at radius 3 is 1.71 bits per heavy atom. The molecule has 0 saturated heterocycles. The van der Waals surface area contributed by atoms with Gasteiger partial charge in [0.2, 0.25) is 0 Å². The Hall–Kier alpha value is -0.150. The number of rotatable bonds is 0. The molecule has 0 radical (unpaired) electrons. The Labute approximate surface area is 54.4 Å². The van der Waals surface area contributed by atoms with E-state index in [1.807, 2.05) is 0 Å². The maximum absolute atomic E-state index is 7.61. The molecule has 0 atom stereocenters. The molecule has 7 heavy (non-hydrogen) atoms. The van der Waals surface area contributed by atoms with Crippen molar-refractivity contribution < 1.29 is 5.21 Å². The van der Waals surface area contributed by atoms with Crippen LogP contribution in [0.25, 0.3) is 0 Å². The van der Waals surface area contributed by atoms with Crippen LogP contribution in [0.5, 0.6) is 0 Å². The van der Waals surface area contributed by atoms with Crippen LogP contribution in [0.2, 0.25) is 0 Å². The highest BCUT2D eigenvalue weighted by Crippen LogP contribution is 1.51. The normalized spacial score (nSPS) is 8.43. The van der Waals surface area contributed by atoms with Crippen molar-refractivity contribution in [3.63, 3.8) is 0 Å². The van der Waals surface area contributed by atoms with Crippen molar-refractivity contribution in [3.8, 4) is 0 Å². The van der Waals surface area contributed by atoms with E-state index in [-0.39, 0.29) is 30.6 Å². The van der Waals surface area contributed by atoms with Crippen LogP contribution in [0.15, 0.2) is 5.16 Å². The molecule has 3 nitrogen and oxygen atoms in total. The van der Waals surface area contributed by atoms with Gasteiger partial charge in [0.05, 0.1) is 0 Å². The van der Waals surface area contributed by atoms with E-state index in [2.05, 4.69) is 5.16 Å². The summed E-state index contributed by atoms with van der Waals surface area (Å²) in [6.07, 6.45) is 0. The third-order valence-corrected chi connectivity index (χ3v) is 0.158. The molecule has 0 aromatic carbocycles. The summed E-state index contributed by atoms with van der Waals surface area (Å²) < 4.78 is 0. The first kappa shape index (κ1) is 15.8. The van der Waals surface area contributed by atoms with Gasteiger partial charge in [-0.05, 0) is 6.92 Å². The summed E-state index contributed by atoms with van der Waals surface area (Å²) in [7, 11) is 0. The van der Waals surface area contributed by atoms with Gasteiger partial charge < -0.3 is 10.9 Å². The fourth-order valence-electron chi connectivity index (χ4n) is 0. The molecule has 3 N–H and O–H groups in total. The zero-order chi connectivity index (χ0) is 4.28. The molecule has 0 heterocycles. The summed E-state index contributed by atoms with van der Waals surface area (Å²) in [5.41, 5.74) is 4.79. The number of hydrogen-bond acceptors (Lipinski definition) is 2. The van der Waals surface area contributed by atoms with Gasteiger partial charge in [-0.25, -0.2) is 0 Å². The van der Waals surface area contributed by atoms with Crippen molar-refractivity contribution in [3.05, 3.63) is 0 Å². The Kier molecular flexibility index (Phi) is 21.0. The second kappa shape index (κ2) is 9.28. The van der Waals surface area contributed by atoms with Crippen LogP contribution in [0.1, 0.15) is 6.92 Å². The van der Waals surface area contributed by atoms with E-state index >= 15 is 0 Å². The lowest BCUT2D eigenvalue weighted by Crippen LogP contribution is -2.03. The monoisotopic (exact) mass is 146 g/mol. The van der Waals surface area contributed by atoms with E-state index in [1.54, 1.807) is 0 Å². The summed E-state index contributed by atoms with van der Waals surface area (Å²) >= 11 is 0. The largest absolute Gasteiger partial charge is 0.409 e. The molecular formula is C2H8Cl2N2O. The third kappa shape index (κ3) is 25.3. The number of halogens is 2. The molecule has 0 aliphatic heterocycles. The first-order chi connectivity index (χ1) is 2.27. The van der Waals surface area contributed by atoms with Gasteiger partial charge in [-0.3, -0.25) is 0 Å². The van der Waals surface area contributed by atoms with Crippen LogP contribution in [-0.2, 0) is 0 Å². The smallest absolute Gasteiger partial charge is 0.135 e. The van der Waals surface area contributed by atoms with Crippen LogP contribution in [0.4, 0.5) is 0 Å². The molecule has 0 rings (SSSR count). The molecular weight excluding hydrogens is 139 g/mol. The molecule has 0 aliphatic carbocycles. The summed E-state index contributed by atoms with van der Waals surface area (Å²) in [5.74, 6) is 0.185. The van der Waals surface area contributed by atoms with Gasteiger partial charge in [-0.1, -0.05) is 5.16 Å². The lowest BCUT2D eigenvalue weighted by molar-refractivity contribution is 0.318. The minimum Gasteiger partial charge on any atom is -0.409 e. The van der Waals surface area contributed by atoms with E-state index < -0.39 is 0 Å². The number of hydrogen-bond donors (Lipinski definition) is 2. The molecule has 0 spiro atoms. The number of nitrogens with two attached hydrogens (primary N) is 1. The van der Waals surface area contributed by atoms with Crippen LogP contribution in [0, 0.1) is 0 Å². The Morgan fingerprint density at radius 2 is 1.71 bits per heavy atom. The van der Waals surface area contributed by atoms with Gasteiger partial charge in [-0.15, -0.1) is 24.8 Å². The second-order valence-corrected chi connectivity index (χ2v) is 0.741. The van der Waals surface area contributed by atoms with E-state index in [4.69, 9.17) is 10.9 Å². The van der Waals surface area contributed by atoms with Gasteiger partial charge in [0.15, 0.2) is 0 Å². The van der Waals surface area contributed by atoms with Crippen LogP contribution < -0.4 is 5.73 Å². The molecule has 0 amide bonds. The topological polar surface area (TPSA) is 58.6 Å². The maximum Gasteiger partial charge on any atom is 0.135 e.